The molecule has 1 fully saturated rings. The average molecular weight is 579 g/mol. The summed E-state index contributed by atoms with van der Waals surface area (Å²) < 4.78 is 34.0. The highest BCUT2D eigenvalue weighted by atomic mass is 19.1. The Balaban J connectivity index is 1.75. The number of esters is 1. The van der Waals surface area contributed by atoms with E-state index in [0.717, 1.165) is 27.9 Å². The highest BCUT2D eigenvalue weighted by Gasteiger charge is 2.38. The van der Waals surface area contributed by atoms with Crippen LogP contribution in [0, 0.1) is 5.82 Å². The van der Waals surface area contributed by atoms with Crippen LogP contribution in [0.25, 0.3) is 22.3 Å². The van der Waals surface area contributed by atoms with Gasteiger partial charge in [0.05, 0.1) is 18.6 Å². The monoisotopic (exact) mass is 578 g/mol. The van der Waals surface area contributed by atoms with E-state index < -0.39 is 17.3 Å². The molecule has 1 saturated heterocycles. The molecule has 8 heteroatoms. The molecule has 4 rings (SSSR count). The van der Waals surface area contributed by atoms with Gasteiger partial charge < -0.3 is 24.5 Å². The number of halogens is 1. The second-order valence-corrected chi connectivity index (χ2v) is 12.7. The molecule has 1 amide bonds. The van der Waals surface area contributed by atoms with Crippen LogP contribution in [0.3, 0.4) is 0 Å². The van der Waals surface area contributed by atoms with Gasteiger partial charge in [0.15, 0.2) is 5.79 Å². The number of benzene rings is 2. The van der Waals surface area contributed by atoms with Gasteiger partial charge in [-0.15, -0.1) is 0 Å². The molecule has 1 aromatic heterocycles. The van der Waals surface area contributed by atoms with Crippen LogP contribution in [0.4, 0.5) is 4.39 Å². The summed E-state index contributed by atoms with van der Waals surface area (Å²) in [5.41, 5.74) is 10.0. The number of amides is 1. The third kappa shape index (κ3) is 7.47. The van der Waals surface area contributed by atoms with E-state index in [1.165, 1.54) is 12.1 Å². The summed E-state index contributed by atoms with van der Waals surface area (Å²) in [5, 5.41) is 0. The number of rotatable bonds is 9. The summed E-state index contributed by atoms with van der Waals surface area (Å²) in [6.07, 6.45) is 1.24. The maximum Gasteiger partial charge on any atom is 0.308 e. The van der Waals surface area contributed by atoms with E-state index in [9.17, 15) is 14.0 Å². The molecule has 1 aliphatic rings. The van der Waals surface area contributed by atoms with Crippen molar-refractivity contribution in [3.8, 4) is 22.3 Å². The second-order valence-electron chi connectivity index (χ2n) is 12.7. The Morgan fingerprint density at radius 1 is 1.00 bits per heavy atom. The first kappa shape index (κ1) is 31.4. The van der Waals surface area contributed by atoms with Gasteiger partial charge in [-0.1, -0.05) is 42.5 Å². The minimum Gasteiger partial charge on any atom is -0.460 e. The minimum atomic E-state index is -0.886. The second kappa shape index (κ2) is 12.4. The van der Waals surface area contributed by atoms with Crippen molar-refractivity contribution in [3.05, 3.63) is 71.8 Å². The first-order valence-electron chi connectivity index (χ1n) is 14.6. The predicted octanol–water partition coefficient (Wildman–Crippen LogP) is 7.22. The van der Waals surface area contributed by atoms with Crippen molar-refractivity contribution in [2.45, 2.75) is 104 Å². The summed E-state index contributed by atoms with van der Waals surface area (Å²) in [6, 6.07) is 15.9. The molecule has 0 radical (unpaired) electrons. The molecule has 226 valence electrons. The van der Waals surface area contributed by atoms with E-state index >= 15 is 0 Å². The SMILES string of the molecule is CC(C)n1c(CC[C@@H]2C[C@H](CC(=O)OC(C)(C)C)OC(C)(C)O2)c(-c2ccc(F)cc2)c(-c2ccccc2)c1C(N)=O. The van der Waals surface area contributed by atoms with Crippen molar-refractivity contribution in [1.82, 2.24) is 4.57 Å². The van der Waals surface area contributed by atoms with Crippen molar-refractivity contribution in [1.29, 1.82) is 0 Å². The van der Waals surface area contributed by atoms with Gasteiger partial charge in [-0.05, 0) is 84.6 Å². The Kier molecular flexibility index (Phi) is 9.28. The smallest absolute Gasteiger partial charge is 0.308 e. The fourth-order valence-electron chi connectivity index (χ4n) is 5.90. The number of carbonyl (C=O) groups is 2. The topological polar surface area (TPSA) is 92.8 Å². The first-order chi connectivity index (χ1) is 19.6. The van der Waals surface area contributed by atoms with Crippen LogP contribution in [0.1, 0.15) is 90.0 Å². The normalized spacial score (nSPS) is 18.7. The van der Waals surface area contributed by atoms with Gasteiger partial charge in [-0.3, -0.25) is 9.59 Å². The Morgan fingerprint density at radius 3 is 2.17 bits per heavy atom. The van der Waals surface area contributed by atoms with Crippen LogP contribution in [0.5, 0.6) is 0 Å². The van der Waals surface area contributed by atoms with Gasteiger partial charge in [0.25, 0.3) is 5.91 Å². The summed E-state index contributed by atoms with van der Waals surface area (Å²) in [7, 11) is 0. The Bertz CT molecular complexity index is 1400. The van der Waals surface area contributed by atoms with Crippen molar-refractivity contribution >= 4 is 11.9 Å². The van der Waals surface area contributed by atoms with Gasteiger partial charge in [-0.2, -0.15) is 0 Å². The van der Waals surface area contributed by atoms with E-state index in [1.54, 1.807) is 12.1 Å². The average Bonchev–Trinajstić information content (AvgIpc) is 3.22. The molecule has 3 aromatic rings. The zero-order chi connectivity index (χ0) is 30.8. The molecule has 2 aromatic carbocycles. The van der Waals surface area contributed by atoms with Gasteiger partial charge in [-0.25, -0.2) is 4.39 Å². The van der Waals surface area contributed by atoms with Crippen LogP contribution >= 0.6 is 0 Å². The third-order valence-electron chi connectivity index (χ3n) is 7.20. The number of ether oxygens (including phenoxy) is 3. The van der Waals surface area contributed by atoms with Crippen LogP contribution in [0.15, 0.2) is 54.6 Å². The summed E-state index contributed by atoms with van der Waals surface area (Å²) in [5.74, 6) is -2.06. The molecule has 42 heavy (non-hydrogen) atoms. The molecule has 0 saturated carbocycles. The predicted molar refractivity (Wildman–Crippen MR) is 161 cm³/mol. The molecule has 0 aliphatic carbocycles. The Morgan fingerprint density at radius 2 is 1.60 bits per heavy atom. The van der Waals surface area contributed by atoms with Gasteiger partial charge >= 0.3 is 5.97 Å². The van der Waals surface area contributed by atoms with Gasteiger partial charge in [0.1, 0.15) is 17.1 Å². The molecule has 0 bridgehead atoms. The zero-order valence-corrected chi connectivity index (χ0v) is 25.7. The molecule has 1 aliphatic heterocycles. The fourth-order valence-corrected chi connectivity index (χ4v) is 5.90. The lowest BCUT2D eigenvalue weighted by Crippen LogP contribution is -2.45. The quantitative estimate of drug-likeness (QED) is 0.271. The molecular weight excluding hydrogens is 535 g/mol. The molecular formula is C34H43FN2O5. The van der Waals surface area contributed by atoms with Gasteiger partial charge in [0.2, 0.25) is 0 Å². The Hall–Kier alpha value is -3.49. The van der Waals surface area contributed by atoms with Gasteiger partial charge in [0, 0.05) is 29.3 Å². The molecule has 7 nitrogen and oxygen atoms in total. The highest BCUT2D eigenvalue weighted by Crippen LogP contribution is 2.43. The maximum atomic E-state index is 14.0. The van der Waals surface area contributed by atoms with Crippen LogP contribution < -0.4 is 5.73 Å². The fraction of sp³-hybridized carbons (Fsp3) is 0.471. The molecule has 2 N–H and O–H groups in total. The lowest BCUT2D eigenvalue weighted by atomic mass is 9.92. The highest BCUT2D eigenvalue weighted by molar-refractivity contribution is 6.04. The van der Waals surface area contributed by atoms with E-state index in [-0.39, 0.29) is 36.5 Å². The van der Waals surface area contributed by atoms with Crippen molar-refractivity contribution in [2.75, 3.05) is 0 Å². The number of hydrogen-bond donors (Lipinski definition) is 1. The number of nitrogens with zero attached hydrogens (tertiary/aromatic N) is 1. The standard InChI is InChI=1S/C34H43FN2O5/c1-21(2)37-27(18-17-25-19-26(41-34(6,7)40-25)20-28(38)42-33(3,4)5)29(23-13-15-24(35)16-14-23)30(31(37)32(36)39)22-11-9-8-10-12-22/h8-16,21,25-26H,17-20H2,1-7H3,(H2,36,39)/t25-,26-/m1/s1. The van der Waals surface area contributed by atoms with E-state index in [4.69, 9.17) is 19.9 Å². The van der Waals surface area contributed by atoms with Crippen molar-refractivity contribution in [3.63, 3.8) is 0 Å². The lowest BCUT2D eigenvalue weighted by Gasteiger charge is -2.41. The first-order valence-corrected chi connectivity index (χ1v) is 14.6. The van der Waals surface area contributed by atoms with E-state index in [2.05, 4.69) is 0 Å². The zero-order valence-electron chi connectivity index (χ0n) is 25.7. The third-order valence-corrected chi connectivity index (χ3v) is 7.20. The number of carbonyl (C=O) groups excluding carboxylic acids is 2. The van der Waals surface area contributed by atoms with Crippen LogP contribution in [0.2, 0.25) is 0 Å². The maximum absolute atomic E-state index is 14.0. The number of nitrogens with two attached hydrogens (primary N) is 1. The van der Waals surface area contributed by atoms with E-state index in [1.807, 2.05) is 83.4 Å². The van der Waals surface area contributed by atoms with E-state index in [0.29, 0.717) is 25.0 Å². The summed E-state index contributed by atoms with van der Waals surface area (Å²) in [4.78, 5) is 25.7. The molecule has 2 atom stereocenters. The summed E-state index contributed by atoms with van der Waals surface area (Å²) in [6.45, 7) is 13.3. The van der Waals surface area contributed by atoms with Crippen LogP contribution in [-0.2, 0) is 25.4 Å². The number of primary amides is 1. The number of aromatic nitrogens is 1. The Labute approximate surface area is 248 Å². The van der Waals surface area contributed by atoms with Crippen molar-refractivity contribution in [2.24, 2.45) is 5.73 Å². The summed E-state index contributed by atoms with van der Waals surface area (Å²) >= 11 is 0. The van der Waals surface area contributed by atoms with Crippen molar-refractivity contribution < 1.29 is 28.2 Å². The lowest BCUT2D eigenvalue weighted by molar-refractivity contribution is -0.300. The largest absolute Gasteiger partial charge is 0.460 e. The molecule has 0 unspecified atom stereocenters. The minimum absolute atomic E-state index is 0.0777. The molecule has 2 heterocycles. The molecule has 0 spiro atoms. The van der Waals surface area contributed by atoms with Crippen LogP contribution in [-0.4, -0.2) is 40.0 Å². The number of hydrogen-bond acceptors (Lipinski definition) is 5.